The van der Waals surface area contributed by atoms with E-state index in [4.69, 9.17) is 9.47 Å². The first-order chi connectivity index (χ1) is 12.0. The number of carbonyl (C=O) groups is 2. The summed E-state index contributed by atoms with van der Waals surface area (Å²) in [7, 11) is 1.30. The fraction of sp³-hybridized carbons (Fsp3) is 0.211. The first-order valence-electron chi connectivity index (χ1n) is 7.73. The lowest BCUT2D eigenvalue weighted by Gasteiger charge is -2.15. The van der Waals surface area contributed by atoms with Gasteiger partial charge in [-0.05, 0) is 49.8 Å². The van der Waals surface area contributed by atoms with Gasteiger partial charge >= 0.3 is 5.97 Å². The normalized spacial score (nSPS) is 15.5. The number of esters is 1. The first kappa shape index (κ1) is 16.7. The van der Waals surface area contributed by atoms with Crippen molar-refractivity contribution in [1.29, 1.82) is 0 Å². The number of hydrogen-bond acceptors (Lipinski definition) is 6. The predicted octanol–water partition coefficient (Wildman–Crippen LogP) is 2.95. The predicted molar refractivity (Wildman–Crippen MR) is 90.5 cm³/mol. The average molecular weight is 339 g/mol. The van der Waals surface area contributed by atoms with Gasteiger partial charge in [0.15, 0.2) is 11.9 Å². The Kier molecular flexibility index (Phi) is 4.52. The molecule has 6 heteroatoms. The van der Waals surface area contributed by atoms with Crippen LogP contribution in [-0.2, 0) is 9.53 Å². The summed E-state index contributed by atoms with van der Waals surface area (Å²) in [4.78, 5) is 28.0. The van der Waals surface area contributed by atoms with Crippen LogP contribution in [0.25, 0.3) is 6.08 Å². The molecule has 0 fully saturated rings. The van der Waals surface area contributed by atoms with E-state index in [0.717, 1.165) is 5.56 Å². The van der Waals surface area contributed by atoms with E-state index in [9.17, 15) is 9.59 Å². The molecule has 6 nitrogen and oxygen atoms in total. The molecule has 25 heavy (non-hydrogen) atoms. The molecule has 1 aromatic carbocycles. The number of allylic oxidation sites excluding steroid dienone is 1. The third-order valence-electron chi connectivity index (χ3n) is 3.88. The molecule has 0 aliphatic carbocycles. The molecule has 3 rings (SSSR count). The maximum Gasteiger partial charge on any atom is 0.346 e. The second-order valence-electron chi connectivity index (χ2n) is 5.57. The summed E-state index contributed by atoms with van der Waals surface area (Å²) in [5, 5.41) is 0. The summed E-state index contributed by atoms with van der Waals surface area (Å²) in [6.45, 7) is 3.38. The highest BCUT2D eigenvalue weighted by Gasteiger charge is 2.30. The molecule has 1 aliphatic heterocycles. The molecular formula is C19H17NO5. The van der Waals surface area contributed by atoms with Crippen molar-refractivity contribution in [2.24, 2.45) is 0 Å². The van der Waals surface area contributed by atoms with Gasteiger partial charge in [0, 0.05) is 18.0 Å². The van der Waals surface area contributed by atoms with Gasteiger partial charge in [-0.15, -0.1) is 0 Å². The molecule has 1 aliphatic rings. The zero-order chi connectivity index (χ0) is 18.0. The van der Waals surface area contributed by atoms with Crippen LogP contribution in [0.1, 0.15) is 28.4 Å². The van der Waals surface area contributed by atoms with Crippen LogP contribution in [0.5, 0.6) is 11.5 Å². The maximum atomic E-state index is 12.5. The van der Waals surface area contributed by atoms with Crippen molar-refractivity contribution >= 4 is 17.8 Å². The summed E-state index contributed by atoms with van der Waals surface area (Å²) in [5.41, 5.74) is 1.94. The van der Waals surface area contributed by atoms with E-state index in [-0.39, 0.29) is 11.5 Å². The quantitative estimate of drug-likeness (QED) is 0.630. The molecule has 2 heterocycles. The van der Waals surface area contributed by atoms with E-state index in [1.54, 1.807) is 56.6 Å². The van der Waals surface area contributed by atoms with E-state index in [1.807, 2.05) is 0 Å². The number of carbonyl (C=O) groups excluding carboxylic acids is 2. The Labute approximate surface area is 145 Å². The van der Waals surface area contributed by atoms with E-state index >= 15 is 0 Å². The van der Waals surface area contributed by atoms with Crippen molar-refractivity contribution in [3.63, 3.8) is 0 Å². The van der Waals surface area contributed by atoms with Gasteiger partial charge < -0.3 is 14.2 Å². The van der Waals surface area contributed by atoms with Gasteiger partial charge in [0.25, 0.3) is 0 Å². The lowest BCUT2D eigenvalue weighted by molar-refractivity contribution is -0.147. The molecule has 0 radical (unpaired) electrons. The van der Waals surface area contributed by atoms with Crippen LogP contribution >= 0.6 is 0 Å². The Bertz CT molecular complexity index is 858. The van der Waals surface area contributed by atoms with Crippen LogP contribution in [0.15, 0.2) is 42.4 Å². The number of methoxy groups -OCH3 is 1. The molecule has 0 amide bonds. The highest BCUT2D eigenvalue weighted by atomic mass is 16.6. The van der Waals surface area contributed by atoms with E-state index in [1.165, 1.54) is 7.11 Å². The number of nitrogens with zero attached hydrogens (tertiary/aromatic N) is 1. The number of Topliss-reactive ketones (excluding diaryl/α,β-unsaturated/α-hetero) is 1. The molecule has 0 saturated carbocycles. The van der Waals surface area contributed by atoms with Crippen molar-refractivity contribution in [3.8, 4) is 11.5 Å². The highest BCUT2D eigenvalue weighted by Crippen LogP contribution is 2.39. The van der Waals surface area contributed by atoms with E-state index < -0.39 is 12.1 Å². The Morgan fingerprint density at radius 3 is 2.64 bits per heavy atom. The maximum absolute atomic E-state index is 12.5. The van der Waals surface area contributed by atoms with Crippen LogP contribution in [0, 0.1) is 6.92 Å². The number of hydrogen-bond donors (Lipinski definition) is 0. The third kappa shape index (κ3) is 3.24. The number of pyridine rings is 1. The second kappa shape index (κ2) is 6.76. The number of ether oxygens (including phenoxy) is 3. The zero-order valence-corrected chi connectivity index (χ0v) is 14.1. The van der Waals surface area contributed by atoms with Crippen molar-refractivity contribution < 1.29 is 23.8 Å². The number of fused-ring (bicyclic) bond motifs is 1. The topological polar surface area (TPSA) is 74.7 Å². The summed E-state index contributed by atoms with van der Waals surface area (Å²) >= 11 is 0. The Morgan fingerprint density at radius 1 is 1.24 bits per heavy atom. The number of rotatable bonds is 4. The van der Waals surface area contributed by atoms with Crippen molar-refractivity contribution in [2.75, 3.05) is 7.11 Å². The smallest absolute Gasteiger partial charge is 0.346 e. The Hall–Kier alpha value is -3.15. The molecular weight excluding hydrogens is 322 g/mol. The third-order valence-corrected chi connectivity index (χ3v) is 3.88. The summed E-state index contributed by atoms with van der Waals surface area (Å²) in [5.74, 6) is 0.481. The van der Waals surface area contributed by atoms with Gasteiger partial charge in [-0.1, -0.05) is 0 Å². The van der Waals surface area contributed by atoms with Crippen LogP contribution in [0.4, 0.5) is 0 Å². The van der Waals surface area contributed by atoms with Crippen LogP contribution in [-0.4, -0.2) is 30.0 Å². The Morgan fingerprint density at radius 2 is 1.96 bits per heavy atom. The molecule has 1 aromatic heterocycles. The van der Waals surface area contributed by atoms with Crippen molar-refractivity contribution in [1.82, 2.24) is 4.98 Å². The van der Waals surface area contributed by atoms with Gasteiger partial charge in [-0.25, -0.2) is 4.79 Å². The zero-order valence-electron chi connectivity index (χ0n) is 14.1. The number of benzene rings is 1. The van der Waals surface area contributed by atoms with Gasteiger partial charge in [0.1, 0.15) is 11.5 Å². The Balaban J connectivity index is 1.90. The summed E-state index contributed by atoms with van der Waals surface area (Å²) in [6.07, 6.45) is 4.20. The summed E-state index contributed by atoms with van der Waals surface area (Å²) < 4.78 is 16.0. The minimum Gasteiger partial charge on any atom is -0.479 e. The fourth-order valence-electron chi connectivity index (χ4n) is 2.51. The molecule has 0 bridgehead atoms. The molecule has 128 valence electrons. The largest absolute Gasteiger partial charge is 0.479 e. The lowest BCUT2D eigenvalue weighted by atomic mass is 10.1. The van der Waals surface area contributed by atoms with Crippen molar-refractivity contribution in [2.45, 2.75) is 20.0 Å². The second-order valence-corrected chi connectivity index (χ2v) is 5.57. The standard InChI is InChI=1S/C19H17NO5/c1-11-15(24-12(2)19(22)23-3)5-4-14-17(21)16(25-18(11)14)10-13-6-8-20-9-7-13/h4-10,12H,1-3H3/b16-10-. The SMILES string of the molecule is COC(=O)C(C)Oc1ccc2c(c1C)O/C(=C\c1ccncc1)C2=O. The van der Waals surface area contributed by atoms with Crippen LogP contribution in [0.3, 0.4) is 0 Å². The lowest BCUT2D eigenvalue weighted by Crippen LogP contribution is -2.25. The van der Waals surface area contributed by atoms with Crippen LogP contribution < -0.4 is 9.47 Å². The molecule has 1 unspecified atom stereocenters. The number of aromatic nitrogens is 1. The fourth-order valence-corrected chi connectivity index (χ4v) is 2.51. The molecule has 2 aromatic rings. The number of ketones is 1. The summed E-state index contributed by atoms with van der Waals surface area (Å²) in [6, 6.07) is 6.86. The highest BCUT2D eigenvalue weighted by molar-refractivity contribution is 6.14. The first-order valence-corrected chi connectivity index (χ1v) is 7.73. The molecule has 0 spiro atoms. The molecule has 0 N–H and O–H groups in total. The molecule has 1 atom stereocenters. The minimum atomic E-state index is -0.759. The minimum absolute atomic E-state index is 0.192. The van der Waals surface area contributed by atoms with E-state index in [0.29, 0.717) is 22.6 Å². The van der Waals surface area contributed by atoms with Gasteiger partial charge in [0.2, 0.25) is 5.78 Å². The van der Waals surface area contributed by atoms with Crippen molar-refractivity contribution in [3.05, 3.63) is 59.1 Å². The average Bonchev–Trinajstić information content (AvgIpc) is 2.94. The molecule has 0 saturated heterocycles. The van der Waals surface area contributed by atoms with Crippen LogP contribution in [0.2, 0.25) is 0 Å². The monoisotopic (exact) mass is 339 g/mol. The van der Waals surface area contributed by atoms with Gasteiger partial charge in [-0.2, -0.15) is 0 Å². The van der Waals surface area contributed by atoms with Gasteiger partial charge in [0.05, 0.1) is 12.7 Å². The van der Waals surface area contributed by atoms with Gasteiger partial charge in [-0.3, -0.25) is 9.78 Å². The van der Waals surface area contributed by atoms with E-state index in [2.05, 4.69) is 9.72 Å².